The van der Waals surface area contributed by atoms with E-state index in [1.54, 1.807) is 12.1 Å². The highest BCUT2D eigenvalue weighted by Gasteiger charge is 2.21. The average molecular weight is 277 g/mol. The van der Waals surface area contributed by atoms with Gasteiger partial charge in [0.25, 0.3) is 0 Å². The molecule has 1 aliphatic carbocycles. The molecule has 0 spiro atoms. The SMILES string of the molecule is COc1ccc([C@H](C)NC(=O)[C@@H]2CC=CCC2)cc1F. The first-order chi connectivity index (χ1) is 9.61. The maximum atomic E-state index is 13.7. The van der Waals surface area contributed by atoms with Crippen LogP contribution in [-0.4, -0.2) is 13.0 Å². The number of nitrogens with one attached hydrogen (secondary N) is 1. The fraction of sp³-hybridized carbons (Fsp3) is 0.438. The largest absolute Gasteiger partial charge is 0.494 e. The van der Waals surface area contributed by atoms with Crippen molar-refractivity contribution in [2.24, 2.45) is 5.92 Å². The molecule has 1 aliphatic rings. The Hall–Kier alpha value is -1.84. The van der Waals surface area contributed by atoms with E-state index in [2.05, 4.69) is 11.4 Å². The molecule has 0 saturated carbocycles. The van der Waals surface area contributed by atoms with Gasteiger partial charge in [0.15, 0.2) is 11.6 Å². The van der Waals surface area contributed by atoms with Gasteiger partial charge in [-0.25, -0.2) is 4.39 Å². The zero-order valence-corrected chi connectivity index (χ0v) is 11.9. The van der Waals surface area contributed by atoms with E-state index in [1.807, 2.05) is 13.0 Å². The van der Waals surface area contributed by atoms with Crippen molar-refractivity contribution in [1.82, 2.24) is 5.32 Å². The van der Waals surface area contributed by atoms with E-state index in [1.165, 1.54) is 13.2 Å². The normalized spacial score (nSPS) is 19.4. The van der Waals surface area contributed by atoms with Gasteiger partial charge in [-0.15, -0.1) is 0 Å². The molecular weight excluding hydrogens is 257 g/mol. The number of ether oxygens (including phenoxy) is 1. The van der Waals surface area contributed by atoms with Gasteiger partial charge in [0.1, 0.15) is 0 Å². The smallest absolute Gasteiger partial charge is 0.223 e. The summed E-state index contributed by atoms with van der Waals surface area (Å²) in [6, 6.07) is 4.54. The van der Waals surface area contributed by atoms with Gasteiger partial charge in [0.2, 0.25) is 5.91 Å². The lowest BCUT2D eigenvalue weighted by atomic mass is 9.93. The van der Waals surface area contributed by atoms with Crippen molar-refractivity contribution in [3.63, 3.8) is 0 Å². The Morgan fingerprint density at radius 3 is 2.85 bits per heavy atom. The van der Waals surface area contributed by atoms with Crippen molar-refractivity contribution in [2.75, 3.05) is 7.11 Å². The van der Waals surface area contributed by atoms with Crippen LogP contribution in [0, 0.1) is 11.7 Å². The van der Waals surface area contributed by atoms with E-state index in [0.717, 1.165) is 24.8 Å². The quantitative estimate of drug-likeness (QED) is 0.857. The van der Waals surface area contributed by atoms with Crippen LogP contribution in [0.2, 0.25) is 0 Å². The van der Waals surface area contributed by atoms with Gasteiger partial charge in [0.05, 0.1) is 13.2 Å². The highest BCUT2D eigenvalue weighted by Crippen LogP contribution is 2.23. The monoisotopic (exact) mass is 277 g/mol. The number of carbonyl (C=O) groups excluding carboxylic acids is 1. The summed E-state index contributed by atoms with van der Waals surface area (Å²) in [4.78, 5) is 12.1. The second-order valence-corrected chi connectivity index (χ2v) is 5.11. The Morgan fingerprint density at radius 2 is 2.25 bits per heavy atom. The van der Waals surface area contributed by atoms with Crippen LogP contribution in [0.5, 0.6) is 5.75 Å². The van der Waals surface area contributed by atoms with Crippen molar-refractivity contribution < 1.29 is 13.9 Å². The van der Waals surface area contributed by atoms with Gasteiger partial charge in [-0.3, -0.25) is 4.79 Å². The summed E-state index contributed by atoms with van der Waals surface area (Å²) >= 11 is 0. The number of hydrogen-bond acceptors (Lipinski definition) is 2. The highest BCUT2D eigenvalue weighted by molar-refractivity contribution is 5.79. The number of carbonyl (C=O) groups is 1. The van der Waals surface area contributed by atoms with Crippen LogP contribution in [0.25, 0.3) is 0 Å². The number of methoxy groups -OCH3 is 1. The Morgan fingerprint density at radius 1 is 1.45 bits per heavy atom. The first kappa shape index (κ1) is 14.6. The molecule has 4 heteroatoms. The topological polar surface area (TPSA) is 38.3 Å². The summed E-state index contributed by atoms with van der Waals surface area (Å²) in [7, 11) is 1.43. The van der Waals surface area contributed by atoms with Gasteiger partial charge in [-0.05, 0) is 43.9 Å². The molecule has 0 bridgehead atoms. The summed E-state index contributed by atoms with van der Waals surface area (Å²) in [5.41, 5.74) is 0.739. The molecule has 20 heavy (non-hydrogen) atoms. The Kier molecular flexibility index (Phi) is 4.77. The van der Waals surface area contributed by atoms with Crippen LogP contribution in [0.3, 0.4) is 0 Å². The minimum atomic E-state index is -0.410. The molecular formula is C16H20FNO2. The Bertz CT molecular complexity index is 513. The zero-order valence-electron chi connectivity index (χ0n) is 11.9. The maximum absolute atomic E-state index is 13.7. The third-order valence-electron chi connectivity index (χ3n) is 3.67. The molecule has 3 nitrogen and oxygen atoms in total. The molecule has 0 saturated heterocycles. The van der Waals surface area contributed by atoms with Crippen LogP contribution in [0.15, 0.2) is 30.4 Å². The lowest BCUT2D eigenvalue weighted by Gasteiger charge is -2.21. The van der Waals surface area contributed by atoms with E-state index >= 15 is 0 Å². The summed E-state index contributed by atoms with van der Waals surface area (Å²) in [5.74, 6) is -0.125. The molecule has 1 N–H and O–H groups in total. The zero-order chi connectivity index (χ0) is 14.5. The maximum Gasteiger partial charge on any atom is 0.223 e. The van der Waals surface area contributed by atoms with Crippen LogP contribution in [0.4, 0.5) is 4.39 Å². The molecule has 0 radical (unpaired) electrons. The van der Waals surface area contributed by atoms with Gasteiger partial charge in [-0.1, -0.05) is 18.2 Å². The lowest BCUT2D eigenvalue weighted by molar-refractivity contribution is -0.125. The van der Waals surface area contributed by atoms with E-state index in [0.29, 0.717) is 0 Å². The molecule has 108 valence electrons. The third kappa shape index (κ3) is 3.38. The number of benzene rings is 1. The average Bonchev–Trinajstić information content (AvgIpc) is 2.48. The van der Waals surface area contributed by atoms with Crippen LogP contribution in [0.1, 0.15) is 37.8 Å². The second-order valence-electron chi connectivity index (χ2n) is 5.11. The van der Waals surface area contributed by atoms with Gasteiger partial charge >= 0.3 is 0 Å². The van der Waals surface area contributed by atoms with Crippen LogP contribution < -0.4 is 10.1 Å². The minimum Gasteiger partial charge on any atom is -0.494 e. The van der Waals surface area contributed by atoms with Gasteiger partial charge < -0.3 is 10.1 Å². The fourth-order valence-electron chi connectivity index (χ4n) is 2.40. The van der Waals surface area contributed by atoms with Crippen molar-refractivity contribution in [2.45, 2.75) is 32.2 Å². The van der Waals surface area contributed by atoms with Gasteiger partial charge in [-0.2, -0.15) is 0 Å². The Balaban J connectivity index is 2.00. The highest BCUT2D eigenvalue weighted by atomic mass is 19.1. The lowest BCUT2D eigenvalue weighted by Crippen LogP contribution is -2.33. The van der Waals surface area contributed by atoms with Crippen molar-refractivity contribution in [3.05, 3.63) is 41.7 Å². The number of amides is 1. The number of rotatable bonds is 4. The summed E-state index contributed by atoms with van der Waals surface area (Å²) in [6.45, 7) is 1.86. The molecule has 1 amide bonds. The predicted molar refractivity (Wildman–Crippen MR) is 76.0 cm³/mol. The first-order valence-corrected chi connectivity index (χ1v) is 6.90. The number of halogens is 1. The number of hydrogen-bond donors (Lipinski definition) is 1. The van der Waals surface area contributed by atoms with Crippen molar-refractivity contribution in [1.29, 1.82) is 0 Å². The summed E-state index contributed by atoms with van der Waals surface area (Å²) in [5, 5.41) is 2.95. The molecule has 2 atom stereocenters. The number of allylic oxidation sites excluding steroid dienone is 2. The van der Waals surface area contributed by atoms with E-state index in [4.69, 9.17) is 4.74 Å². The minimum absolute atomic E-state index is 0.0329. The van der Waals surface area contributed by atoms with Crippen molar-refractivity contribution >= 4 is 5.91 Å². The van der Waals surface area contributed by atoms with E-state index < -0.39 is 5.82 Å². The van der Waals surface area contributed by atoms with E-state index in [9.17, 15) is 9.18 Å². The van der Waals surface area contributed by atoms with Crippen LogP contribution >= 0.6 is 0 Å². The fourth-order valence-corrected chi connectivity index (χ4v) is 2.40. The molecule has 0 aliphatic heterocycles. The molecule has 2 rings (SSSR count). The third-order valence-corrected chi connectivity index (χ3v) is 3.67. The molecule has 1 aromatic carbocycles. The van der Waals surface area contributed by atoms with Gasteiger partial charge in [0, 0.05) is 5.92 Å². The van der Waals surface area contributed by atoms with E-state index in [-0.39, 0.29) is 23.6 Å². The molecule has 0 unspecified atom stereocenters. The second kappa shape index (κ2) is 6.55. The summed E-state index contributed by atoms with van der Waals surface area (Å²) in [6.07, 6.45) is 6.77. The predicted octanol–water partition coefficient (Wildman–Crippen LogP) is 3.37. The molecule has 0 heterocycles. The Labute approximate surface area is 118 Å². The molecule has 0 fully saturated rings. The van der Waals surface area contributed by atoms with Crippen LogP contribution in [-0.2, 0) is 4.79 Å². The molecule has 1 aromatic rings. The first-order valence-electron chi connectivity index (χ1n) is 6.90. The standard InChI is InChI=1S/C16H20FNO2/c1-11(13-8-9-15(20-2)14(17)10-13)18-16(19)12-6-4-3-5-7-12/h3-4,8-12H,5-7H2,1-2H3,(H,18,19)/t11-,12+/m0/s1. The molecule has 0 aromatic heterocycles. The summed E-state index contributed by atoms with van der Waals surface area (Å²) < 4.78 is 18.5. The van der Waals surface area contributed by atoms with Crippen molar-refractivity contribution in [3.8, 4) is 5.75 Å².